The van der Waals surface area contributed by atoms with E-state index < -0.39 is 0 Å². The van der Waals surface area contributed by atoms with Crippen LogP contribution in [0.15, 0.2) is 18.2 Å². The zero-order valence-corrected chi connectivity index (χ0v) is 10.2. The molecule has 1 aromatic carbocycles. The van der Waals surface area contributed by atoms with Crippen LogP contribution in [0.3, 0.4) is 0 Å². The van der Waals surface area contributed by atoms with E-state index in [1.165, 1.54) is 18.2 Å². The number of carbonyl (C=O) groups is 1. The van der Waals surface area contributed by atoms with E-state index >= 15 is 0 Å². The summed E-state index contributed by atoms with van der Waals surface area (Å²) in [5.41, 5.74) is 0.656. The molecule has 0 aliphatic heterocycles. The minimum atomic E-state index is -0.313. The molecule has 0 bridgehead atoms. The van der Waals surface area contributed by atoms with Crippen molar-refractivity contribution in [1.82, 2.24) is 0 Å². The Hall–Kier alpha value is -0.930. The fourth-order valence-electron chi connectivity index (χ4n) is 1.94. The molecule has 4 heteroatoms. The van der Waals surface area contributed by atoms with Crippen molar-refractivity contribution in [3.8, 4) is 0 Å². The molecule has 0 saturated heterocycles. The summed E-state index contributed by atoms with van der Waals surface area (Å²) in [5.74, 6) is -0.0135. The van der Waals surface area contributed by atoms with Crippen LogP contribution in [0.1, 0.15) is 31.2 Å². The summed E-state index contributed by atoms with van der Waals surface area (Å²) in [7, 11) is 0. The first-order valence-corrected chi connectivity index (χ1v) is 6.10. The number of benzene rings is 1. The minimum Gasteiger partial charge on any atom is -0.373 e. The standard InChI is InChI=1S/C13H14ClFO2/c14-13-6-1-10(15)7-9(13)8-17-12-4-2-11(16)3-5-12/h1,6-7,12H,2-5,8H2. The van der Waals surface area contributed by atoms with Gasteiger partial charge in [0, 0.05) is 17.9 Å². The highest BCUT2D eigenvalue weighted by molar-refractivity contribution is 6.31. The fourth-order valence-corrected chi connectivity index (χ4v) is 2.11. The highest BCUT2D eigenvalue weighted by Gasteiger charge is 2.19. The van der Waals surface area contributed by atoms with Crippen molar-refractivity contribution in [2.45, 2.75) is 38.4 Å². The van der Waals surface area contributed by atoms with E-state index in [-0.39, 0.29) is 11.9 Å². The van der Waals surface area contributed by atoms with Gasteiger partial charge in [0.15, 0.2) is 0 Å². The second-order valence-corrected chi connectivity index (χ2v) is 4.69. The molecule has 92 valence electrons. The number of rotatable bonds is 3. The Balaban J connectivity index is 1.89. The first-order chi connectivity index (χ1) is 8.15. The number of hydrogen-bond acceptors (Lipinski definition) is 2. The lowest BCUT2D eigenvalue weighted by Gasteiger charge is -2.21. The zero-order valence-electron chi connectivity index (χ0n) is 9.42. The minimum absolute atomic E-state index is 0.0898. The highest BCUT2D eigenvalue weighted by Crippen LogP contribution is 2.22. The van der Waals surface area contributed by atoms with E-state index in [1.54, 1.807) is 0 Å². The van der Waals surface area contributed by atoms with Crippen LogP contribution in [0.4, 0.5) is 4.39 Å². The second-order valence-electron chi connectivity index (χ2n) is 4.28. The van der Waals surface area contributed by atoms with E-state index in [2.05, 4.69) is 0 Å². The molecule has 0 radical (unpaired) electrons. The molecule has 1 aliphatic carbocycles. The number of carbonyl (C=O) groups excluding carboxylic acids is 1. The summed E-state index contributed by atoms with van der Waals surface area (Å²) in [4.78, 5) is 11.1. The number of ketones is 1. The predicted octanol–water partition coefficient (Wildman–Crippen LogP) is 3.51. The van der Waals surface area contributed by atoms with Gasteiger partial charge in [0.2, 0.25) is 0 Å². The predicted molar refractivity (Wildman–Crippen MR) is 63.5 cm³/mol. The Kier molecular flexibility index (Phi) is 4.13. The maximum absolute atomic E-state index is 13.0. The van der Waals surface area contributed by atoms with Gasteiger partial charge in [-0.3, -0.25) is 4.79 Å². The average molecular weight is 257 g/mol. The fraction of sp³-hybridized carbons (Fsp3) is 0.462. The van der Waals surface area contributed by atoms with Gasteiger partial charge in [-0.25, -0.2) is 4.39 Å². The van der Waals surface area contributed by atoms with Crippen molar-refractivity contribution in [1.29, 1.82) is 0 Å². The molecule has 0 N–H and O–H groups in total. The molecular formula is C13H14ClFO2. The van der Waals surface area contributed by atoms with E-state index in [1.807, 2.05) is 0 Å². The third-order valence-electron chi connectivity index (χ3n) is 2.97. The number of hydrogen-bond donors (Lipinski definition) is 0. The molecule has 0 aromatic heterocycles. The van der Waals surface area contributed by atoms with Gasteiger partial charge in [0.25, 0.3) is 0 Å². The maximum Gasteiger partial charge on any atom is 0.133 e. The number of halogens is 2. The van der Waals surface area contributed by atoms with E-state index in [0.717, 1.165) is 12.8 Å². The average Bonchev–Trinajstić information content (AvgIpc) is 2.32. The molecule has 1 fully saturated rings. The van der Waals surface area contributed by atoms with Crippen LogP contribution < -0.4 is 0 Å². The quantitative estimate of drug-likeness (QED) is 0.827. The van der Waals surface area contributed by atoms with Crippen LogP contribution in [-0.4, -0.2) is 11.9 Å². The van der Waals surface area contributed by atoms with Crippen molar-refractivity contribution < 1.29 is 13.9 Å². The summed E-state index contributed by atoms with van der Waals surface area (Å²) in [6.07, 6.45) is 2.77. The van der Waals surface area contributed by atoms with Crippen LogP contribution in [0.5, 0.6) is 0 Å². The monoisotopic (exact) mass is 256 g/mol. The van der Waals surface area contributed by atoms with Crippen LogP contribution in [0.2, 0.25) is 5.02 Å². The van der Waals surface area contributed by atoms with Crippen LogP contribution >= 0.6 is 11.6 Å². The molecule has 1 saturated carbocycles. The third kappa shape index (κ3) is 3.51. The summed E-state index contributed by atoms with van der Waals surface area (Å²) < 4.78 is 18.7. The molecular weight excluding hydrogens is 243 g/mol. The number of Topliss-reactive ketones (excluding diaryl/α,β-unsaturated/α-hetero) is 1. The lowest BCUT2D eigenvalue weighted by Crippen LogP contribution is -2.21. The number of ether oxygens (including phenoxy) is 1. The second kappa shape index (κ2) is 5.61. The van der Waals surface area contributed by atoms with Crippen LogP contribution in [0, 0.1) is 5.82 Å². The molecule has 0 amide bonds. The van der Waals surface area contributed by atoms with Gasteiger partial charge >= 0.3 is 0 Å². The first-order valence-electron chi connectivity index (χ1n) is 5.72. The van der Waals surface area contributed by atoms with E-state index in [4.69, 9.17) is 16.3 Å². The van der Waals surface area contributed by atoms with Crippen molar-refractivity contribution in [2.24, 2.45) is 0 Å². The molecule has 17 heavy (non-hydrogen) atoms. The maximum atomic E-state index is 13.0. The summed E-state index contributed by atoms with van der Waals surface area (Å²) in [5, 5.41) is 0.512. The van der Waals surface area contributed by atoms with Crippen molar-refractivity contribution >= 4 is 17.4 Å². The summed E-state index contributed by atoms with van der Waals surface area (Å²) >= 11 is 5.94. The largest absolute Gasteiger partial charge is 0.373 e. The normalized spacial score (nSPS) is 17.4. The lowest BCUT2D eigenvalue weighted by molar-refractivity contribution is -0.123. The molecule has 2 nitrogen and oxygen atoms in total. The van der Waals surface area contributed by atoms with Gasteiger partial charge < -0.3 is 4.74 Å². The molecule has 1 aliphatic rings. The smallest absolute Gasteiger partial charge is 0.133 e. The van der Waals surface area contributed by atoms with E-state index in [9.17, 15) is 9.18 Å². The topological polar surface area (TPSA) is 26.3 Å². The molecule has 0 unspecified atom stereocenters. The third-order valence-corrected chi connectivity index (χ3v) is 3.34. The Morgan fingerprint density at radius 1 is 1.35 bits per heavy atom. The van der Waals surface area contributed by atoms with Gasteiger partial charge in [-0.2, -0.15) is 0 Å². The van der Waals surface area contributed by atoms with Gasteiger partial charge in [-0.15, -0.1) is 0 Å². The van der Waals surface area contributed by atoms with Gasteiger partial charge in [0.05, 0.1) is 12.7 Å². The van der Waals surface area contributed by atoms with Gasteiger partial charge in [-0.05, 0) is 36.6 Å². The summed E-state index contributed by atoms with van der Waals surface area (Å²) in [6, 6.07) is 4.24. The Morgan fingerprint density at radius 2 is 2.06 bits per heavy atom. The molecule has 0 heterocycles. The Bertz CT molecular complexity index is 410. The summed E-state index contributed by atoms with van der Waals surface area (Å²) in [6.45, 7) is 0.301. The molecule has 0 spiro atoms. The zero-order chi connectivity index (χ0) is 12.3. The van der Waals surface area contributed by atoms with Crippen molar-refractivity contribution in [2.75, 3.05) is 0 Å². The SMILES string of the molecule is O=C1CCC(OCc2cc(F)ccc2Cl)CC1. The Morgan fingerprint density at radius 3 is 2.76 bits per heavy atom. The van der Waals surface area contributed by atoms with Crippen molar-refractivity contribution in [3.63, 3.8) is 0 Å². The van der Waals surface area contributed by atoms with Crippen LogP contribution in [-0.2, 0) is 16.1 Å². The molecule has 2 rings (SSSR count). The van der Waals surface area contributed by atoms with E-state index in [0.29, 0.717) is 35.8 Å². The molecule has 1 aromatic rings. The Labute approximate surface area is 105 Å². The van der Waals surface area contributed by atoms with Crippen molar-refractivity contribution in [3.05, 3.63) is 34.6 Å². The lowest BCUT2D eigenvalue weighted by atomic mass is 9.96. The molecule has 0 atom stereocenters. The van der Waals surface area contributed by atoms with Gasteiger partial charge in [0.1, 0.15) is 11.6 Å². The first kappa shape index (κ1) is 12.5. The van der Waals surface area contributed by atoms with Gasteiger partial charge in [-0.1, -0.05) is 11.6 Å². The van der Waals surface area contributed by atoms with Crippen LogP contribution in [0.25, 0.3) is 0 Å². The highest BCUT2D eigenvalue weighted by atomic mass is 35.5.